The van der Waals surface area contributed by atoms with Crippen molar-refractivity contribution in [3.8, 4) is 5.69 Å². The summed E-state index contributed by atoms with van der Waals surface area (Å²) in [4.78, 5) is 8.69. The molecule has 3 rings (SSSR count). The molecule has 0 aliphatic carbocycles. The molecule has 4 heteroatoms. The minimum atomic E-state index is 0.850. The summed E-state index contributed by atoms with van der Waals surface area (Å²) in [7, 11) is 0. The van der Waals surface area contributed by atoms with E-state index >= 15 is 0 Å². The van der Waals surface area contributed by atoms with Crippen molar-refractivity contribution in [2.24, 2.45) is 0 Å². The van der Waals surface area contributed by atoms with Crippen LogP contribution >= 0.6 is 0 Å². The third-order valence-corrected chi connectivity index (χ3v) is 3.08. The molecule has 0 unspecified atom stereocenters. The van der Waals surface area contributed by atoms with E-state index < -0.39 is 0 Å². The number of aromatic nitrogens is 3. The number of nitrogens with zero attached hydrogens (tertiary/aromatic N) is 3. The number of anilines is 1. The SMILES string of the molecule is CCNc1nc(C)cn1-c1cccc2cnccc12. The Morgan fingerprint density at radius 3 is 3.00 bits per heavy atom. The van der Waals surface area contributed by atoms with Gasteiger partial charge in [-0.25, -0.2) is 4.98 Å². The summed E-state index contributed by atoms with van der Waals surface area (Å²) in [5.41, 5.74) is 2.12. The predicted molar refractivity (Wildman–Crippen MR) is 77.8 cm³/mol. The molecule has 0 spiro atoms. The molecule has 3 aromatic rings. The number of rotatable bonds is 3. The number of hydrogen-bond acceptors (Lipinski definition) is 3. The summed E-state index contributed by atoms with van der Waals surface area (Å²) < 4.78 is 2.10. The summed E-state index contributed by atoms with van der Waals surface area (Å²) in [6, 6.07) is 8.26. The zero-order valence-electron chi connectivity index (χ0n) is 11.1. The van der Waals surface area contributed by atoms with E-state index in [0.29, 0.717) is 0 Å². The molecule has 1 N–H and O–H groups in total. The molecular weight excluding hydrogens is 236 g/mol. The number of hydrogen-bond donors (Lipinski definition) is 1. The van der Waals surface area contributed by atoms with E-state index in [0.717, 1.165) is 29.3 Å². The number of benzene rings is 1. The van der Waals surface area contributed by atoms with E-state index in [1.165, 1.54) is 5.39 Å². The first kappa shape index (κ1) is 11.7. The summed E-state index contributed by atoms with van der Waals surface area (Å²) >= 11 is 0. The zero-order valence-corrected chi connectivity index (χ0v) is 11.1. The lowest BCUT2D eigenvalue weighted by Crippen LogP contribution is -2.05. The lowest BCUT2D eigenvalue weighted by atomic mass is 10.1. The maximum absolute atomic E-state index is 4.52. The Bertz CT molecular complexity index is 710. The third-order valence-electron chi connectivity index (χ3n) is 3.08. The molecule has 4 nitrogen and oxygen atoms in total. The van der Waals surface area contributed by atoms with Gasteiger partial charge < -0.3 is 5.32 Å². The highest BCUT2D eigenvalue weighted by atomic mass is 15.2. The van der Waals surface area contributed by atoms with E-state index in [9.17, 15) is 0 Å². The topological polar surface area (TPSA) is 42.7 Å². The minimum Gasteiger partial charge on any atom is -0.356 e. The Labute approximate surface area is 112 Å². The summed E-state index contributed by atoms with van der Waals surface area (Å²) in [6.07, 6.45) is 5.76. The molecule has 19 heavy (non-hydrogen) atoms. The van der Waals surface area contributed by atoms with Crippen LogP contribution in [0.1, 0.15) is 12.6 Å². The number of aryl methyl sites for hydroxylation is 1. The largest absolute Gasteiger partial charge is 0.356 e. The molecule has 0 radical (unpaired) electrons. The van der Waals surface area contributed by atoms with Gasteiger partial charge in [-0.15, -0.1) is 0 Å². The Hall–Kier alpha value is -2.36. The van der Waals surface area contributed by atoms with Crippen molar-refractivity contribution in [3.63, 3.8) is 0 Å². The summed E-state index contributed by atoms with van der Waals surface area (Å²) in [6.45, 7) is 4.92. The average molecular weight is 252 g/mol. The second kappa shape index (κ2) is 4.72. The zero-order chi connectivity index (χ0) is 13.2. The first-order valence-corrected chi connectivity index (χ1v) is 6.42. The third kappa shape index (κ3) is 2.05. The summed E-state index contributed by atoms with van der Waals surface area (Å²) in [5, 5.41) is 5.60. The van der Waals surface area contributed by atoms with Crippen LogP contribution in [0.25, 0.3) is 16.5 Å². The molecule has 0 amide bonds. The van der Waals surface area contributed by atoms with Crippen LogP contribution in [0.4, 0.5) is 5.95 Å². The van der Waals surface area contributed by atoms with Gasteiger partial charge in [0.2, 0.25) is 5.95 Å². The second-order valence-corrected chi connectivity index (χ2v) is 4.48. The highest BCUT2D eigenvalue weighted by Gasteiger charge is 2.09. The Balaban J connectivity index is 2.24. The van der Waals surface area contributed by atoms with Gasteiger partial charge >= 0.3 is 0 Å². The van der Waals surface area contributed by atoms with Gasteiger partial charge in [-0.3, -0.25) is 9.55 Å². The molecular formula is C15H16N4. The molecule has 0 bridgehead atoms. The number of fused-ring (bicyclic) bond motifs is 1. The van der Waals surface area contributed by atoms with Crippen LogP contribution < -0.4 is 5.32 Å². The molecule has 0 atom stereocenters. The maximum atomic E-state index is 4.52. The average Bonchev–Trinajstić information content (AvgIpc) is 2.79. The van der Waals surface area contributed by atoms with Crippen LogP contribution in [-0.4, -0.2) is 21.1 Å². The van der Waals surface area contributed by atoms with Crippen molar-refractivity contribution in [2.75, 3.05) is 11.9 Å². The van der Waals surface area contributed by atoms with E-state index in [2.05, 4.69) is 38.9 Å². The van der Waals surface area contributed by atoms with Gasteiger partial charge in [0.25, 0.3) is 0 Å². The Kier molecular flexibility index (Phi) is 2.91. The van der Waals surface area contributed by atoms with Gasteiger partial charge in [-0.05, 0) is 26.0 Å². The van der Waals surface area contributed by atoms with Gasteiger partial charge in [-0.1, -0.05) is 12.1 Å². The minimum absolute atomic E-state index is 0.850. The van der Waals surface area contributed by atoms with Crippen molar-refractivity contribution in [3.05, 3.63) is 48.5 Å². The van der Waals surface area contributed by atoms with Crippen LogP contribution in [0.2, 0.25) is 0 Å². The fourth-order valence-corrected chi connectivity index (χ4v) is 2.28. The van der Waals surface area contributed by atoms with E-state index in [-0.39, 0.29) is 0 Å². The number of pyridine rings is 1. The van der Waals surface area contributed by atoms with Crippen molar-refractivity contribution in [2.45, 2.75) is 13.8 Å². The maximum Gasteiger partial charge on any atom is 0.207 e. The van der Waals surface area contributed by atoms with Crippen LogP contribution in [0.15, 0.2) is 42.9 Å². The number of nitrogens with one attached hydrogen (secondary N) is 1. The smallest absolute Gasteiger partial charge is 0.207 e. The van der Waals surface area contributed by atoms with Crippen molar-refractivity contribution in [1.29, 1.82) is 0 Å². The molecule has 0 saturated heterocycles. The quantitative estimate of drug-likeness (QED) is 0.778. The lowest BCUT2D eigenvalue weighted by molar-refractivity contribution is 1.03. The Morgan fingerprint density at radius 1 is 1.26 bits per heavy atom. The molecule has 0 saturated carbocycles. The molecule has 2 heterocycles. The first-order chi connectivity index (χ1) is 9.29. The predicted octanol–water partition coefficient (Wildman–Crippen LogP) is 3.16. The first-order valence-electron chi connectivity index (χ1n) is 6.42. The van der Waals surface area contributed by atoms with Gasteiger partial charge in [0, 0.05) is 35.9 Å². The molecule has 2 aromatic heterocycles. The molecule has 0 aliphatic rings. The molecule has 0 aliphatic heterocycles. The highest BCUT2D eigenvalue weighted by Crippen LogP contribution is 2.24. The van der Waals surface area contributed by atoms with E-state index in [1.807, 2.05) is 37.6 Å². The van der Waals surface area contributed by atoms with Gasteiger partial charge in [0.15, 0.2) is 0 Å². The van der Waals surface area contributed by atoms with Gasteiger partial charge in [0.1, 0.15) is 0 Å². The lowest BCUT2D eigenvalue weighted by Gasteiger charge is -2.11. The van der Waals surface area contributed by atoms with Crippen LogP contribution in [0.3, 0.4) is 0 Å². The second-order valence-electron chi connectivity index (χ2n) is 4.48. The molecule has 0 fully saturated rings. The van der Waals surface area contributed by atoms with E-state index in [4.69, 9.17) is 0 Å². The fourth-order valence-electron chi connectivity index (χ4n) is 2.28. The van der Waals surface area contributed by atoms with Crippen molar-refractivity contribution < 1.29 is 0 Å². The van der Waals surface area contributed by atoms with Crippen LogP contribution in [-0.2, 0) is 0 Å². The summed E-state index contributed by atoms with van der Waals surface area (Å²) in [5.74, 6) is 0.879. The molecule has 96 valence electrons. The van der Waals surface area contributed by atoms with Crippen LogP contribution in [0, 0.1) is 6.92 Å². The normalized spacial score (nSPS) is 10.8. The fraction of sp³-hybridized carbons (Fsp3) is 0.200. The van der Waals surface area contributed by atoms with Gasteiger partial charge in [-0.2, -0.15) is 0 Å². The standard InChI is InChI=1S/C15H16N4/c1-3-17-15-18-11(2)10-19(15)14-6-4-5-12-9-16-8-7-13(12)14/h4-10H,3H2,1-2H3,(H,17,18). The van der Waals surface area contributed by atoms with E-state index in [1.54, 1.807) is 0 Å². The molecule has 1 aromatic carbocycles. The van der Waals surface area contributed by atoms with Crippen molar-refractivity contribution >= 4 is 16.7 Å². The van der Waals surface area contributed by atoms with Gasteiger partial charge in [0.05, 0.1) is 11.4 Å². The van der Waals surface area contributed by atoms with Crippen molar-refractivity contribution in [1.82, 2.24) is 14.5 Å². The number of imidazole rings is 1. The Morgan fingerprint density at radius 2 is 2.16 bits per heavy atom. The highest BCUT2D eigenvalue weighted by molar-refractivity contribution is 5.89. The monoisotopic (exact) mass is 252 g/mol. The van der Waals surface area contributed by atoms with Crippen LogP contribution in [0.5, 0.6) is 0 Å².